The average molecular weight is 306 g/mol. The summed E-state index contributed by atoms with van der Waals surface area (Å²) >= 11 is 0. The number of nitrogens with zero attached hydrogens (tertiary/aromatic N) is 3. The zero-order valence-electron chi connectivity index (χ0n) is 11.3. The largest absolute Gasteiger partial charge is 0.312 e. The summed E-state index contributed by atoms with van der Waals surface area (Å²) in [6.45, 7) is 3.13. The van der Waals surface area contributed by atoms with Crippen molar-refractivity contribution in [2.24, 2.45) is 0 Å². The summed E-state index contributed by atoms with van der Waals surface area (Å²) in [6, 6.07) is -0.306. The fraction of sp³-hybridized carbons (Fsp3) is 0.333. The summed E-state index contributed by atoms with van der Waals surface area (Å²) in [5, 5.41) is 10.0. The zero-order valence-corrected chi connectivity index (χ0v) is 11.3. The Labute approximate surface area is 116 Å². The molecule has 2 rings (SSSR count). The van der Waals surface area contributed by atoms with Crippen molar-refractivity contribution in [1.82, 2.24) is 20.3 Å². The number of rotatable bonds is 3. The Bertz CT molecular complexity index is 668. The number of hydrogen-bond acceptors (Lipinski definition) is 3. The Balaban J connectivity index is 2.72. The molecular formula is C12H11F5N4. The van der Waals surface area contributed by atoms with Gasteiger partial charge in [-0.15, -0.1) is 5.10 Å². The van der Waals surface area contributed by atoms with Gasteiger partial charge in [0, 0.05) is 0 Å². The third kappa shape index (κ3) is 2.27. The van der Waals surface area contributed by atoms with Crippen LogP contribution in [-0.2, 0) is 0 Å². The van der Waals surface area contributed by atoms with Gasteiger partial charge in [0.1, 0.15) is 11.4 Å². The van der Waals surface area contributed by atoms with Gasteiger partial charge < -0.3 is 5.32 Å². The van der Waals surface area contributed by atoms with Crippen molar-refractivity contribution in [2.45, 2.75) is 19.9 Å². The van der Waals surface area contributed by atoms with Gasteiger partial charge in [0.25, 0.3) is 0 Å². The molecule has 0 bridgehead atoms. The van der Waals surface area contributed by atoms with Crippen LogP contribution in [0.5, 0.6) is 0 Å². The molecule has 0 spiro atoms. The molecule has 1 N–H and O–H groups in total. The number of aromatic nitrogens is 3. The van der Waals surface area contributed by atoms with E-state index in [9.17, 15) is 22.0 Å². The molecular weight excluding hydrogens is 295 g/mol. The first-order chi connectivity index (χ1) is 9.81. The molecule has 1 unspecified atom stereocenters. The van der Waals surface area contributed by atoms with E-state index >= 15 is 0 Å². The molecule has 0 aliphatic carbocycles. The van der Waals surface area contributed by atoms with E-state index in [4.69, 9.17) is 0 Å². The Morgan fingerprint density at radius 3 is 1.90 bits per heavy atom. The standard InChI is InChI=1S/C12H11F5N4/c1-4(18-3)11-5(2)21(20-19-11)12-9(16)7(14)6(13)8(15)10(12)17/h4,18H,1-3H3. The molecule has 1 aromatic carbocycles. The summed E-state index contributed by atoms with van der Waals surface area (Å²) in [7, 11) is 1.63. The second-order valence-electron chi connectivity index (χ2n) is 4.40. The van der Waals surface area contributed by atoms with Gasteiger partial charge in [0.05, 0.1) is 11.7 Å². The molecule has 9 heteroatoms. The minimum atomic E-state index is -2.21. The van der Waals surface area contributed by atoms with E-state index in [1.54, 1.807) is 14.0 Å². The van der Waals surface area contributed by atoms with Crippen LogP contribution in [0.25, 0.3) is 5.69 Å². The molecule has 0 radical (unpaired) electrons. The van der Waals surface area contributed by atoms with Crippen LogP contribution in [0.2, 0.25) is 0 Å². The normalized spacial score (nSPS) is 12.8. The predicted molar refractivity (Wildman–Crippen MR) is 63.4 cm³/mol. The summed E-state index contributed by atoms with van der Waals surface area (Å²) in [4.78, 5) is 0. The van der Waals surface area contributed by atoms with Crippen molar-refractivity contribution < 1.29 is 22.0 Å². The number of benzene rings is 1. The minimum absolute atomic E-state index is 0.167. The smallest absolute Gasteiger partial charge is 0.200 e. The first-order valence-corrected chi connectivity index (χ1v) is 5.92. The Morgan fingerprint density at radius 2 is 1.43 bits per heavy atom. The lowest BCUT2D eigenvalue weighted by atomic mass is 10.2. The van der Waals surface area contributed by atoms with E-state index in [1.807, 2.05) is 0 Å². The van der Waals surface area contributed by atoms with E-state index in [2.05, 4.69) is 15.6 Å². The maximum Gasteiger partial charge on any atom is 0.200 e. The van der Waals surface area contributed by atoms with Crippen LogP contribution < -0.4 is 5.32 Å². The van der Waals surface area contributed by atoms with Gasteiger partial charge in [0.2, 0.25) is 5.82 Å². The Kier molecular flexibility index (Phi) is 3.95. The highest BCUT2D eigenvalue weighted by molar-refractivity contribution is 5.38. The summed E-state index contributed by atoms with van der Waals surface area (Å²) in [6.07, 6.45) is 0. The number of hydrogen-bond donors (Lipinski definition) is 1. The maximum atomic E-state index is 13.7. The molecule has 0 saturated carbocycles. The average Bonchev–Trinajstić information content (AvgIpc) is 2.84. The number of nitrogens with one attached hydrogen (secondary N) is 1. The quantitative estimate of drug-likeness (QED) is 0.538. The van der Waals surface area contributed by atoms with Crippen LogP contribution in [0.4, 0.5) is 22.0 Å². The lowest BCUT2D eigenvalue weighted by molar-refractivity contribution is 0.373. The molecule has 1 aromatic heterocycles. The van der Waals surface area contributed by atoms with Crippen molar-refractivity contribution in [3.8, 4) is 5.69 Å². The molecule has 21 heavy (non-hydrogen) atoms. The second kappa shape index (κ2) is 5.40. The molecule has 0 saturated heterocycles. The van der Waals surface area contributed by atoms with Crippen LogP contribution >= 0.6 is 0 Å². The molecule has 0 aliphatic heterocycles. The van der Waals surface area contributed by atoms with Crippen LogP contribution in [0.1, 0.15) is 24.4 Å². The van der Waals surface area contributed by atoms with Crippen molar-refractivity contribution in [1.29, 1.82) is 0 Å². The molecule has 114 valence electrons. The minimum Gasteiger partial charge on any atom is -0.312 e. The second-order valence-corrected chi connectivity index (χ2v) is 4.40. The van der Waals surface area contributed by atoms with E-state index in [0.29, 0.717) is 10.4 Å². The molecule has 0 fully saturated rings. The first-order valence-electron chi connectivity index (χ1n) is 5.92. The molecule has 1 heterocycles. The van der Waals surface area contributed by atoms with E-state index in [0.717, 1.165) is 0 Å². The molecule has 1 atom stereocenters. The monoisotopic (exact) mass is 306 g/mol. The van der Waals surface area contributed by atoms with E-state index in [-0.39, 0.29) is 11.7 Å². The molecule has 2 aromatic rings. The highest BCUT2D eigenvalue weighted by atomic mass is 19.2. The van der Waals surface area contributed by atoms with Gasteiger partial charge in [-0.1, -0.05) is 5.21 Å². The van der Waals surface area contributed by atoms with Gasteiger partial charge in [-0.05, 0) is 20.9 Å². The summed E-state index contributed by atoms with van der Waals surface area (Å²) < 4.78 is 67.5. The lowest BCUT2D eigenvalue weighted by Gasteiger charge is -2.10. The van der Waals surface area contributed by atoms with E-state index in [1.165, 1.54) is 6.92 Å². The molecule has 0 aliphatic rings. The highest BCUT2D eigenvalue weighted by Gasteiger charge is 2.29. The van der Waals surface area contributed by atoms with Gasteiger partial charge in [-0.25, -0.2) is 26.6 Å². The third-order valence-corrected chi connectivity index (χ3v) is 3.17. The van der Waals surface area contributed by atoms with Gasteiger partial charge in [-0.2, -0.15) is 0 Å². The van der Waals surface area contributed by atoms with Crippen molar-refractivity contribution in [3.05, 3.63) is 40.5 Å². The van der Waals surface area contributed by atoms with Gasteiger partial charge in [0.15, 0.2) is 23.3 Å². The Morgan fingerprint density at radius 1 is 0.952 bits per heavy atom. The maximum absolute atomic E-state index is 13.7. The molecule has 0 amide bonds. The number of halogens is 5. The van der Waals surface area contributed by atoms with E-state index < -0.39 is 34.8 Å². The zero-order chi connectivity index (χ0) is 15.9. The summed E-state index contributed by atoms with van der Waals surface area (Å²) in [5.74, 6) is -10.2. The van der Waals surface area contributed by atoms with Crippen molar-refractivity contribution in [3.63, 3.8) is 0 Å². The van der Waals surface area contributed by atoms with Crippen molar-refractivity contribution >= 4 is 0 Å². The van der Waals surface area contributed by atoms with Gasteiger partial charge in [-0.3, -0.25) is 0 Å². The van der Waals surface area contributed by atoms with Crippen LogP contribution in [0.3, 0.4) is 0 Å². The topological polar surface area (TPSA) is 42.7 Å². The van der Waals surface area contributed by atoms with Crippen LogP contribution in [0.15, 0.2) is 0 Å². The fourth-order valence-electron chi connectivity index (χ4n) is 1.87. The molecule has 4 nitrogen and oxygen atoms in total. The predicted octanol–water partition coefficient (Wildman–Crippen LogP) is 2.55. The first kappa shape index (κ1) is 15.4. The summed E-state index contributed by atoms with van der Waals surface area (Å²) in [5.41, 5.74) is -0.646. The van der Waals surface area contributed by atoms with Gasteiger partial charge >= 0.3 is 0 Å². The van der Waals surface area contributed by atoms with Crippen LogP contribution in [0, 0.1) is 36.0 Å². The lowest BCUT2D eigenvalue weighted by Crippen LogP contribution is -2.15. The fourth-order valence-corrected chi connectivity index (χ4v) is 1.87. The Hall–Kier alpha value is -2.03. The SMILES string of the molecule is CNC(C)c1nnn(-c2c(F)c(F)c(F)c(F)c2F)c1C. The van der Waals surface area contributed by atoms with Crippen molar-refractivity contribution in [2.75, 3.05) is 7.05 Å². The van der Waals surface area contributed by atoms with Crippen LogP contribution in [-0.4, -0.2) is 22.0 Å². The highest BCUT2D eigenvalue weighted by Crippen LogP contribution is 2.27. The third-order valence-electron chi connectivity index (χ3n) is 3.17.